The first-order valence-corrected chi connectivity index (χ1v) is 6.17. The van der Waals surface area contributed by atoms with Gasteiger partial charge in [0.15, 0.2) is 5.82 Å². The van der Waals surface area contributed by atoms with Crippen LogP contribution in [0.25, 0.3) is 0 Å². The summed E-state index contributed by atoms with van der Waals surface area (Å²) in [5.41, 5.74) is 5.91. The molecule has 0 bridgehead atoms. The number of hydrogen-bond acceptors (Lipinski definition) is 4. The molecular formula is C12H22N4O. The third kappa shape index (κ3) is 2.21. The van der Waals surface area contributed by atoms with E-state index in [2.05, 4.69) is 30.9 Å². The monoisotopic (exact) mass is 238 g/mol. The molecule has 2 N–H and O–H groups in total. The van der Waals surface area contributed by atoms with Crippen LogP contribution in [0.15, 0.2) is 0 Å². The van der Waals surface area contributed by atoms with Crippen molar-refractivity contribution >= 4 is 0 Å². The lowest BCUT2D eigenvalue weighted by Crippen LogP contribution is -2.43. The number of aromatic nitrogens is 3. The van der Waals surface area contributed by atoms with E-state index in [1.807, 2.05) is 11.7 Å². The molecule has 0 saturated carbocycles. The van der Waals surface area contributed by atoms with Gasteiger partial charge in [-0.1, -0.05) is 13.8 Å². The highest BCUT2D eigenvalue weighted by molar-refractivity contribution is 5.15. The van der Waals surface area contributed by atoms with E-state index in [-0.39, 0.29) is 11.5 Å². The third-order valence-electron chi connectivity index (χ3n) is 3.43. The molecular weight excluding hydrogens is 216 g/mol. The van der Waals surface area contributed by atoms with Crippen LogP contribution in [-0.2, 0) is 23.6 Å². The fourth-order valence-corrected chi connectivity index (χ4v) is 2.31. The van der Waals surface area contributed by atoms with Gasteiger partial charge in [-0.3, -0.25) is 4.68 Å². The summed E-state index contributed by atoms with van der Waals surface area (Å²) >= 11 is 0. The van der Waals surface area contributed by atoms with Crippen molar-refractivity contribution in [3.05, 3.63) is 11.6 Å². The maximum Gasteiger partial charge on any atom is 0.151 e. The Morgan fingerprint density at radius 2 is 2.29 bits per heavy atom. The Kier molecular flexibility index (Phi) is 3.23. The van der Waals surface area contributed by atoms with Crippen LogP contribution in [0, 0.1) is 5.92 Å². The minimum Gasteiger partial charge on any atom is -0.379 e. The summed E-state index contributed by atoms with van der Waals surface area (Å²) in [6, 6.07) is -0.00250. The molecule has 5 heteroatoms. The van der Waals surface area contributed by atoms with Crippen molar-refractivity contribution in [2.24, 2.45) is 18.7 Å². The molecule has 2 unspecified atom stereocenters. The summed E-state index contributed by atoms with van der Waals surface area (Å²) in [5, 5.41) is 4.47. The van der Waals surface area contributed by atoms with E-state index in [0.29, 0.717) is 19.1 Å². The summed E-state index contributed by atoms with van der Waals surface area (Å²) in [6.45, 7) is 7.67. The predicted molar refractivity (Wildman–Crippen MR) is 65.7 cm³/mol. The maximum atomic E-state index is 6.12. The van der Waals surface area contributed by atoms with Gasteiger partial charge in [0.05, 0.1) is 18.6 Å². The number of rotatable bonds is 3. The molecule has 1 aromatic heterocycles. The average Bonchev–Trinajstić information content (AvgIpc) is 2.72. The summed E-state index contributed by atoms with van der Waals surface area (Å²) < 4.78 is 7.32. The molecule has 96 valence electrons. The molecule has 1 aromatic rings. The van der Waals surface area contributed by atoms with Crippen LogP contribution < -0.4 is 5.73 Å². The number of ether oxygens (including phenoxy) is 1. The van der Waals surface area contributed by atoms with Gasteiger partial charge >= 0.3 is 0 Å². The second-order valence-corrected chi connectivity index (χ2v) is 5.61. The van der Waals surface area contributed by atoms with Crippen LogP contribution >= 0.6 is 0 Å². The van der Waals surface area contributed by atoms with E-state index < -0.39 is 0 Å². The second kappa shape index (κ2) is 4.38. The molecule has 5 nitrogen and oxygen atoms in total. The van der Waals surface area contributed by atoms with E-state index in [0.717, 1.165) is 18.1 Å². The standard InChI is InChI=1S/C12H22N4O/c1-8(2)5-10-14-11(16(4)15-10)12(3)7-17-6-9(12)13/h8-9H,5-7,13H2,1-4H3. The van der Waals surface area contributed by atoms with Gasteiger partial charge in [-0.05, 0) is 12.8 Å². The average molecular weight is 238 g/mol. The van der Waals surface area contributed by atoms with E-state index in [9.17, 15) is 0 Å². The maximum absolute atomic E-state index is 6.12. The molecule has 1 fully saturated rings. The molecule has 0 amide bonds. The second-order valence-electron chi connectivity index (χ2n) is 5.61. The van der Waals surface area contributed by atoms with Gasteiger partial charge in [0.2, 0.25) is 0 Å². The summed E-state index contributed by atoms with van der Waals surface area (Å²) in [5.74, 6) is 2.41. The Morgan fingerprint density at radius 3 is 2.82 bits per heavy atom. The minimum atomic E-state index is -0.211. The Hall–Kier alpha value is -0.940. The van der Waals surface area contributed by atoms with Crippen LogP contribution in [0.5, 0.6) is 0 Å². The zero-order chi connectivity index (χ0) is 12.6. The van der Waals surface area contributed by atoms with E-state index in [4.69, 9.17) is 10.5 Å². The molecule has 1 saturated heterocycles. The number of hydrogen-bond donors (Lipinski definition) is 1. The SMILES string of the molecule is CC(C)Cc1nc(C2(C)COCC2N)n(C)n1. The molecule has 2 rings (SSSR count). The summed E-state index contributed by atoms with van der Waals surface area (Å²) in [4.78, 5) is 4.65. The highest BCUT2D eigenvalue weighted by Crippen LogP contribution is 2.30. The largest absolute Gasteiger partial charge is 0.379 e. The van der Waals surface area contributed by atoms with Crippen molar-refractivity contribution in [3.8, 4) is 0 Å². The van der Waals surface area contributed by atoms with Crippen LogP contribution in [-0.4, -0.2) is 34.0 Å². The van der Waals surface area contributed by atoms with Gasteiger partial charge in [-0.15, -0.1) is 0 Å². The van der Waals surface area contributed by atoms with Gasteiger partial charge in [0.1, 0.15) is 5.82 Å². The van der Waals surface area contributed by atoms with Crippen molar-refractivity contribution in [2.75, 3.05) is 13.2 Å². The van der Waals surface area contributed by atoms with Crippen LogP contribution in [0.1, 0.15) is 32.4 Å². The summed E-state index contributed by atoms with van der Waals surface area (Å²) in [7, 11) is 1.93. The van der Waals surface area contributed by atoms with Crippen molar-refractivity contribution in [1.82, 2.24) is 14.8 Å². The lowest BCUT2D eigenvalue weighted by Gasteiger charge is -2.25. The molecule has 0 radical (unpaired) electrons. The summed E-state index contributed by atoms with van der Waals surface area (Å²) in [6.07, 6.45) is 0.903. The highest BCUT2D eigenvalue weighted by atomic mass is 16.5. The van der Waals surface area contributed by atoms with Gasteiger partial charge in [-0.2, -0.15) is 5.10 Å². The lowest BCUT2D eigenvalue weighted by molar-refractivity contribution is 0.177. The smallest absolute Gasteiger partial charge is 0.151 e. The van der Waals surface area contributed by atoms with Crippen LogP contribution in [0.2, 0.25) is 0 Å². The molecule has 0 aromatic carbocycles. The number of nitrogens with zero attached hydrogens (tertiary/aromatic N) is 3. The Morgan fingerprint density at radius 1 is 1.59 bits per heavy atom. The quantitative estimate of drug-likeness (QED) is 0.838. The molecule has 2 atom stereocenters. The highest BCUT2D eigenvalue weighted by Gasteiger charge is 2.43. The Labute approximate surface area is 102 Å². The van der Waals surface area contributed by atoms with Crippen molar-refractivity contribution < 1.29 is 4.74 Å². The molecule has 1 aliphatic heterocycles. The zero-order valence-corrected chi connectivity index (χ0v) is 11.1. The fourth-order valence-electron chi connectivity index (χ4n) is 2.31. The third-order valence-corrected chi connectivity index (χ3v) is 3.43. The molecule has 0 aliphatic carbocycles. The minimum absolute atomic E-state index is 0.00250. The van der Waals surface area contributed by atoms with Crippen LogP contribution in [0.3, 0.4) is 0 Å². The molecule has 17 heavy (non-hydrogen) atoms. The van der Waals surface area contributed by atoms with Gasteiger partial charge in [-0.25, -0.2) is 4.98 Å². The van der Waals surface area contributed by atoms with Gasteiger partial charge in [0.25, 0.3) is 0 Å². The topological polar surface area (TPSA) is 66.0 Å². The van der Waals surface area contributed by atoms with Gasteiger partial charge in [0, 0.05) is 19.5 Å². The Balaban J connectivity index is 2.29. The molecule has 1 aliphatic rings. The first kappa shape index (κ1) is 12.5. The van der Waals surface area contributed by atoms with E-state index >= 15 is 0 Å². The van der Waals surface area contributed by atoms with Crippen LogP contribution in [0.4, 0.5) is 0 Å². The van der Waals surface area contributed by atoms with Crippen molar-refractivity contribution in [1.29, 1.82) is 0 Å². The number of nitrogens with two attached hydrogens (primary N) is 1. The van der Waals surface area contributed by atoms with Crippen molar-refractivity contribution in [3.63, 3.8) is 0 Å². The normalized spacial score (nSPS) is 29.2. The first-order valence-electron chi connectivity index (χ1n) is 6.17. The number of aryl methyl sites for hydroxylation is 1. The molecule has 0 spiro atoms. The van der Waals surface area contributed by atoms with E-state index in [1.54, 1.807) is 0 Å². The Bertz CT molecular complexity index is 401. The van der Waals surface area contributed by atoms with E-state index in [1.165, 1.54) is 0 Å². The van der Waals surface area contributed by atoms with Crippen molar-refractivity contribution in [2.45, 2.75) is 38.6 Å². The zero-order valence-electron chi connectivity index (χ0n) is 11.1. The predicted octanol–water partition coefficient (Wildman–Crippen LogP) is 0.629. The lowest BCUT2D eigenvalue weighted by atomic mass is 9.85. The van der Waals surface area contributed by atoms with Gasteiger partial charge < -0.3 is 10.5 Å². The molecule has 2 heterocycles. The fraction of sp³-hybridized carbons (Fsp3) is 0.833. The first-order chi connectivity index (χ1) is 7.93.